The quantitative estimate of drug-likeness (QED) is 0.682. The molecule has 2 heteroatoms. The molecule has 17 heavy (non-hydrogen) atoms. The fourth-order valence-electron chi connectivity index (χ4n) is 1.99. The van der Waals surface area contributed by atoms with Crippen LogP contribution in [0.1, 0.15) is 25.0 Å². The Labute approximate surface area is 103 Å². The highest BCUT2D eigenvalue weighted by molar-refractivity contribution is 6.15. The van der Waals surface area contributed by atoms with Crippen molar-refractivity contribution < 1.29 is 0 Å². The number of aryl methyl sites for hydroxylation is 1. The van der Waals surface area contributed by atoms with E-state index < -0.39 is 0 Å². The third kappa shape index (κ3) is 2.14. The average Bonchev–Trinajstić information content (AvgIpc) is 2.73. The molecule has 0 bridgehead atoms. The number of nitrogens with zero attached hydrogens (tertiary/aromatic N) is 2. The molecule has 0 saturated heterocycles. The van der Waals surface area contributed by atoms with E-state index in [1.54, 1.807) is 0 Å². The van der Waals surface area contributed by atoms with Crippen LogP contribution in [0.4, 0.5) is 0 Å². The molecule has 2 nitrogen and oxygen atoms in total. The maximum absolute atomic E-state index is 7.33. The summed E-state index contributed by atoms with van der Waals surface area (Å²) in [6, 6.07) is 8.21. The van der Waals surface area contributed by atoms with Crippen LogP contribution in [0.15, 0.2) is 40.5 Å². The second-order valence-corrected chi connectivity index (χ2v) is 4.67. The number of rotatable bonds is 2. The highest BCUT2D eigenvalue weighted by atomic mass is 14.9. The summed E-state index contributed by atoms with van der Waals surface area (Å²) in [7, 11) is 0. The minimum absolute atomic E-state index is 0.394. The second kappa shape index (κ2) is 4.55. The van der Waals surface area contributed by atoms with Crippen LogP contribution in [0.2, 0.25) is 0 Å². The number of aliphatic imine (C=N–C) groups is 1. The zero-order valence-electron chi connectivity index (χ0n) is 10.5. The first-order valence-electron chi connectivity index (χ1n) is 5.86. The largest absolute Gasteiger partial charge is 0.293 e. The Morgan fingerprint density at radius 2 is 1.88 bits per heavy atom. The Hall–Kier alpha value is -1.88. The van der Waals surface area contributed by atoms with Crippen molar-refractivity contribution in [3.8, 4) is 0 Å². The summed E-state index contributed by atoms with van der Waals surface area (Å²) in [6.07, 6.45) is 0. The van der Waals surface area contributed by atoms with Gasteiger partial charge in [0.2, 0.25) is 5.70 Å². The molecule has 0 aliphatic carbocycles. The predicted molar refractivity (Wildman–Crippen MR) is 71.0 cm³/mol. The molecule has 0 aromatic heterocycles. The van der Waals surface area contributed by atoms with Crippen molar-refractivity contribution in [2.75, 3.05) is 6.54 Å². The Balaban J connectivity index is 2.42. The van der Waals surface area contributed by atoms with Gasteiger partial charge in [-0.2, -0.15) is 0 Å². The summed E-state index contributed by atoms with van der Waals surface area (Å²) in [5, 5.41) is 0. The Morgan fingerprint density at radius 1 is 1.24 bits per heavy atom. The normalized spacial score (nSPS) is 15.1. The molecular formula is C15H16N2. The molecule has 1 aliphatic heterocycles. The maximum Gasteiger partial charge on any atom is 0.213 e. The fourth-order valence-corrected chi connectivity index (χ4v) is 1.99. The lowest BCUT2D eigenvalue weighted by atomic mass is 9.99. The van der Waals surface area contributed by atoms with Gasteiger partial charge in [-0.3, -0.25) is 4.99 Å². The molecule has 0 spiro atoms. The highest BCUT2D eigenvalue weighted by Gasteiger charge is 2.22. The van der Waals surface area contributed by atoms with Gasteiger partial charge in [0.05, 0.1) is 18.8 Å². The Kier molecular flexibility index (Phi) is 3.10. The maximum atomic E-state index is 7.33. The fraction of sp³-hybridized carbons (Fsp3) is 0.333. The zero-order valence-corrected chi connectivity index (χ0v) is 10.5. The lowest BCUT2D eigenvalue weighted by molar-refractivity contribution is 0.750. The van der Waals surface area contributed by atoms with E-state index in [-0.39, 0.29) is 0 Å². The van der Waals surface area contributed by atoms with Crippen LogP contribution in [-0.2, 0) is 0 Å². The van der Waals surface area contributed by atoms with Crippen LogP contribution in [0.5, 0.6) is 0 Å². The van der Waals surface area contributed by atoms with Crippen LogP contribution in [0.3, 0.4) is 0 Å². The summed E-state index contributed by atoms with van der Waals surface area (Å²) in [6.45, 7) is 14.3. The van der Waals surface area contributed by atoms with Crippen LogP contribution >= 0.6 is 0 Å². The number of hydrogen-bond donors (Lipinski definition) is 0. The van der Waals surface area contributed by atoms with Crippen molar-refractivity contribution in [2.24, 2.45) is 10.9 Å². The van der Waals surface area contributed by atoms with Crippen molar-refractivity contribution in [3.63, 3.8) is 0 Å². The van der Waals surface area contributed by atoms with Crippen LogP contribution < -0.4 is 0 Å². The first kappa shape index (κ1) is 11.6. The predicted octanol–water partition coefficient (Wildman–Crippen LogP) is 3.63. The van der Waals surface area contributed by atoms with Gasteiger partial charge in [-0.15, -0.1) is 0 Å². The van der Waals surface area contributed by atoms with Gasteiger partial charge in [-0.25, -0.2) is 4.85 Å². The lowest BCUT2D eigenvalue weighted by Gasteiger charge is -2.06. The first-order chi connectivity index (χ1) is 8.13. The number of hydrogen-bond acceptors (Lipinski definition) is 1. The minimum Gasteiger partial charge on any atom is -0.293 e. The molecule has 1 aliphatic rings. The van der Waals surface area contributed by atoms with E-state index in [2.05, 4.69) is 42.7 Å². The Morgan fingerprint density at radius 3 is 2.41 bits per heavy atom. The van der Waals surface area contributed by atoms with Gasteiger partial charge in [-0.05, 0) is 24.0 Å². The molecule has 0 atom stereocenters. The van der Waals surface area contributed by atoms with Crippen LogP contribution in [0.25, 0.3) is 4.85 Å². The zero-order chi connectivity index (χ0) is 12.4. The SMILES string of the molecule is [C-]#[N+]C1=C(C(C)C)CN=C1c1ccc(C)cc1. The minimum atomic E-state index is 0.394. The van der Waals surface area contributed by atoms with Crippen LogP contribution in [0, 0.1) is 19.4 Å². The van der Waals surface area contributed by atoms with Gasteiger partial charge in [0.15, 0.2) is 0 Å². The Bertz CT molecular complexity index is 525. The van der Waals surface area contributed by atoms with Gasteiger partial charge >= 0.3 is 0 Å². The van der Waals surface area contributed by atoms with Crippen LogP contribution in [-0.4, -0.2) is 12.3 Å². The molecule has 0 saturated carbocycles. The van der Waals surface area contributed by atoms with Gasteiger partial charge in [-0.1, -0.05) is 43.7 Å². The molecular weight excluding hydrogens is 208 g/mol. The van der Waals surface area contributed by atoms with E-state index >= 15 is 0 Å². The molecule has 0 N–H and O–H groups in total. The summed E-state index contributed by atoms with van der Waals surface area (Å²) in [5.74, 6) is 0.394. The highest BCUT2D eigenvalue weighted by Crippen LogP contribution is 2.26. The van der Waals surface area contributed by atoms with Crippen molar-refractivity contribution >= 4 is 5.71 Å². The van der Waals surface area contributed by atoms with E-state index in [9.17, 15) is 0 Å². The first-order valence-corrected chi connectivity index (χ1v) is 5.86. The average molecular weight is 224 g/mol. The molecule has 0 amide bonds. The third-order valence-corrected chi connectivity index (χ3v) is 3.07. The topological polar surface area (TPSA) is 16.7 Å². The van der Waals surface area contributed by atoms with Gasteiger partial charge < -0.3 is 0 Å². The third-order valence-electron chi connectivity index (χ3n) is 3.07. The smallest absolute Gasteiger partial charge is 0.213 e. The molecule has 0 radical (unpaired) electrons. The van der Waals surface area contributed by atoms with E-state index in [1.165, 1.54) is 5.56 Å². The van der Waals surface area contributed by atoms with E-state index in [0.29, 0.717) is 12.5 Å². The number of benzene rings is 1. The van der Waals surface area contributed by atoms with Gasteiger partial charge in [0.25, 0.3) is 0 Å². The molecule has 1 heterocycles. The molecule has 2 rings (SSSR count). The summed E-state index contributed by atoms with van der Waals surface area (Å²) in [4.78, 5) is 8.19. The van der Waals surface area contributed by atoms with Crippen molar-refractivity contribution in [3.05, 3.63) is 58.1 Å². The van der Waals surface area contributed by atoms with Crippen molar-refractivity contribution in [1.29, 1.82) is 0 Å². The van der Waals surface area contributed by atoms with E-state index in [0.717, 1.165) is 22.5 Å². The van der Waals surface area contributed by atoms with Crippen molar-refractivity contribution in [1.82, 2.24) is 0 Å². The molecule has 0 fully saturated rings. The second-order valence-electron chi connectivity index (χ2n) is 4.67. The summed E-state index contributed by atoms with van der Waals surface area (Å²) < 4.78 is 0. The summed E-state index contributed by atoms with van der Waals surface area (Å²) in [5.41, 5.74) is 5.06. The van der Waals surface area contributed by atoms with E-state index in [4.69, 9.17) is 6.57 Å². The monoisotopic (exact) mass is 224 g/mol. The van der Waals surface area contributed by atoms with Gasteiger partial charge in [0.1, 0.15) is 0 Å². The molecule has 1 aromatic carbocycles. The molecule has 0 unspecified atom stereocenters. The van der Waals surface area contributed by atoms with E-state index in [1.807, 2.05) is 12.1 Å². The summed E-state index contributed by atoms with van der Waals surface area (Å²) >= 11 is 0. The standard InChI is InChI=1S/C15H16N2/c1-10(2)13-9-17-14(15(13)16-4)12-7-5-11(3)6-8-12/h5-8,10H,9H2,1-3H3. The van der Waals surface area contributed by atoms with Gasteiger partial charge in [0, 0.05) is 0 Å². The number of allylic oxidation sites excluding steroid dienone is 1. The lowest BCUT2D eigenvalue weighted by Crippen LogP contribution is -2.02. The van der Waals surface area contributed by atoms with Crippen molar-refractivity contribution in [2.45, 2.75) is 20.8 Å². The molecule has 86 valence electrons. The molecule has 1 aromatic rings.